The number of benzene rings is 1. The largest absolute Gasteiger partial charge is 0.480 e. The van der Waals surface area contributed by atoms with Crippen LogP contribution in [0.25, 0.3) is 0 Å². The first-order valence-electron chi connectivity index (χ1n) is 9.72. The number of ether oxygens (including phenoxy) is 1. The van der Waals surface area contributed by atoms with E-state index >= 15 is 4.39 Å². The molecule has 1 aliphatic heterocycles. The molecule has 12 nitrogen and oxygen atoms in total. The van der Waals surface area contributed by atoms with E-state index in [1.165, 1.54) is 12.1 Å². The number of alkyl halides is 1. The summed E-state index contributed by atoms with van der Waals surface area (Å²) in [4.78, 5) is 47.0. The first kappa shape index (κ1) is 25.0. The van der Waals surface area contributed by atoms with Crippen LogP contribution in [-0.4, -0.2) is 61.2 Å². The summed E-state index contributed by atoms with van der Waals surface area (Å²) in [5.41, 5.74) is -6.64. The lowest BCUT2D eigenvalue weighted by Crippen LogP contribution is -2.57. The maximum atomic E-state index is 16.3. The first-order valence-corrected chi connectivity index (χ1v) is 11.3. The molecule has 14 heteroatoms. The SMILES string of the molecule is C[C@H](NP(=O)(O)OC[C@H]1O[C@@](c2ccccc2)(n2ccc(=O)[nH]c2=O)[C@@](C)(F)[C@@H]1O)C(=O)O. The van der Waals surface area contributed by atoms with Gasteiger partial charge in [0.25, 0.3) is 5.56 Å². The normalized spacial score (nSPS) is 30.0. The van der Waals surface area contributed by atoms with Gasteiger partial charge in [0.05, 0.1) is 6.61 Å². The topological polar surface area (TPSA) is 180 Å². The number of H-pyrrole nitrogens is 1. The van der Waals surface area contributed by atoms with E-state index in [2.05, 4.69) is 0 Å². The molecule has 1 aliphatic rings. The monoisotopic (exact) mass is 487 g/mol. The standard InChI is InChI=1S/C19H23FN3O9P/c1-11(16(26)27)22-33(29,30)31-10-13-15(25)18(2,20)19(32-13,12-6-4-3-5-7-12)23-9-8-14(24)21-17(23)28/h3-9,11,13,15,25H,10H2,1-2H3,(H,26,27)(H,21,24,28)(H2,22,29,30)/t11-,13+,15+,18-,19+/m0/s1. The Kier molecular flexibility index (Phi) is 6.76. The van der Waals surface area contributed by atoms with Crippen molar-refractivity contribution in [2.45, 2.75) is 43.5 Å². The molecular formula is C19H23FN3O9P. The molecule has 2 heterocycles. The van der Waals surface area contributed by atoms with E-state index in [9.17, 15) is 28.9 Å². The minimum absolute atomic E-state index is 0.107. The van der Waals surface area contributed by atoms with E-state index in [4.69, 9.17) is 14.4 Å². The number of carboxylic acids is 1. The number of rotatable bonds is 8. The van der Waals surface area contributed by atoms with Crippen molar-refractivity contribution in [3.05, 3.63) is 69.0 Å². The molecule has 2 aromatic rings. The molecule has 1 fully saturated rings. The van der Waals surface area contributed by atoms with Crippen molar-refractivity contribution >= 4 is 13.7 Å². The molecule has 0 saturated carbocycles. The summed E-state index contributed by atoms with van der Waals surface area (Å²) >= 11 is 0. The number of hydrogen-bond donors (Lipinski definition) is 5. The number of hydrogen-bond acceptors (Lipinski definition) is 7. The average molecular weight is 487 g/mol. The maximum Gasteiger partial charge on any atom is 0.403 e. The summed E-state index contributed by atoms with van der Waals surface area (Å²) in [6, 6.07) is 7.14. The highest BCUT2D eigenvalue weighted by Gasteiger charge is 2.67. The number of aliphatic hydroxyl groups excluding tert-OH is 1. The number of aromatic amines is 1. The van der Waals surface area contributed by atoms with Crippen molar-refractivity contribution in [1.29, 1.82) is 0 Å². The Balaban J connectivity index is 2.02. The van der Waals surface area contributed by atoms with Gasteiger partial charge in [-0.05, 0) is 13.8 Å². The molecular weight excluding hydrogens is 464 g/mol. The van der Waals surface area contributed by atoms with Gasteiger partial charge in [-0.3, -0.25) is 23.7 Å². The molecule has 1 unspecified atom stereocenters. The number of aliphatic carboxylic acids is 1. The van der Waals surface area contributed by atoms with Crippen molar-refractivity contribution < 1.29 is 38.1 Å². The molecule has 0 amide bonds. The molecule has 1 aromatic carbocycles. The van der Waals surface area contributed by atoms with Gasteiger partial charge < -0.3 is 19.8 Å². The van der Waals surface area contributed by atoms with E-state index < -0.39 is 61.2 Å². The van der Waals surface area contributed by atoms with Crippen molar-refractivity contribution in [2.75, 3.05) is 6.61 Å². The maximum absolute atomic E-state index is 16.3. The predicted molar refractivity (Wildman–Crippen MR) is 111 cm³/mol. The molecule has 3 rings (SSSR count). The molecule has 1 aromatic heterocycles. The molecule has 1 saturated heterocycles. The lowest BCUT2D eigenvalue weighted by atomic mass is 9.84. The lowest BCUT2D eigenvalue weighted by molar-refractivity contribution is -0.138. The van der Waals surface area contributed by atoms with Crippen LogP contribution in [-0.2, 0) is 24.3 Å². The van der Waals surface area contributed by atoms with Gasteiger partial charge in [-0.1, -0.05) is 30.3 Å². The predicted octanol–water partition coefficient (Wildman–Crippen LogP) is -0.0947. The van der Waals surface area contributed by atoms with Crippen LogP contribution in [0.2, 0.25) is 0 Å². The zero-order valence-electron chi connectivity index (χ0n) is 17.5. The molecule has 33 heavy (non-hydrogen) atoms. The van der Waals surface area contributed by atoms with Crippen LogP contribution < -0.4 is 16.3 Å². The van der Waals surface area contributed by atoms with Gasteiger partial charge in [0.15, 0.2) is 5.67 Å². The highest BCUT2D eigenvalue weighted by Crippen LogP contribution is 2.50. The summed E-state index contributed by atoms with van der Waals surface area (Å²) in [7, 11) is -4.69. The molecule has 5 N–H and O–H groups in total. The third kappa shape index (κ3) is 4.56. The van der Waals surface area contributed by atoms with E-state index in [1.807, 2.05) is 10.1 Å². The Morgan fingerprint density at radius 2 is 2.00 bits per heavy atom. The number of aromatic nitrogens is 2. The van der Waals surface area contributed by atoms with Crippen LogP contribution in [0.1, 0.15) is 19.4 Å². The van der Waals surface area contributed by atoms with E-state index in [-0.39, 0.29) is 5.56 Å². The zero-order valence-corrected chi connectivity index (χ0v) is 18.4. The van der Waals surface area contributed by atoms with Crippen LogP contribution in [0, 0.1) is 0 Å². The Labute approximate surface area is 186 Å². The number of carbonyl (C=O) groups is 1. The van der Waals surface area contributed by atoms with Crippen LogP contribution >= 0.6 is 7.75 Å². The van der Waals surface area contributed by atoms with Crippen LogP contribution in [0.5, 0.6) is 0 Å². The second-order valence-electron chi connectivity index (χ2n) is 7.67. The Bertz CT molecular complexity index is 1180. The number of aliphatic hydroxyl groups is 1. The van der Waals surface area contributed by atoms with E-state index in [0.717, 1.165) is 30.7 Å². The fourth-order valence-corrected chi connectivity index (χ4v) is 4.72. The van der Waals surface area contributed by atoms with Gasteiger partial charge in [-0.25, -0.2) is 18.8 Å². The summed E-state index contributed by atoms with van der Waals surface area (Å²) in [6.45, 7) is 1.25. The second kappa shape index (κ2) is 8.93. The van der Waals surface area contributed by atoms with Crippen LogP contribution in [0.3, 0.4) is 0 Å². The number of halogens is 1. The fourth-order valence-electron chi connectivity index (χ4n) is 3.70. The third-order valence-corrected chi connectivity index (χ3v) is 6.57. The summed E-state index contributed by atoms with van der Waals surface area (Å²) in [5, 5.41) is 21.5. The Morgan fingerprint density at radius 3 is 2.58 bits per heavy atom. The fraction of sp³-hybridized carbons (Fsp3) is 0.421. The van der Waals surface area contributed by atoms with Gasteiger partial charge in [0.2, 0.25) is 5.72 Å². The van der Waals surface area contributed by atoms with Gasteiger partial charge >= 0.3 is 19.4 Å². The van der Waals surface area contributed by atoms with Crippen molar-refractivity contribution in [3.63, 3.8) is 0 Å². The molecule has 0 radical (unpaired) electrons. The summed E-state index contributed by atoms with van der Waals surface area (Å²) < 4.78 is 39.9. The Hall–Kier alpha value is -2.67. The minimum atomic E-state index is -4.69. The van der Waals surface area contributed by atoms with Crippen molar-refractivity contribution in [2.24, 2.45) is 0 Å². The zero-order chi connectivity index (χ0) is 24.6. The average Bonchev–Trinajstić information content (AvgIpc) is 2.94. The van der Waals surface area contributed by atoms with Crippen LogP contribution in [0.4, 0.5) is 4.39 Å². The van der Waals surface area contributed by atoms with Crippen molar-refractivity contribution in [3.8, 4) is 0 Å². The minimum Gasteiger partial charge on any atom is -0.480 e. The molecule has 0 bridgehead atoms. The lowest BCUT2D eigenvalue weighted by Gasteiger charge is -2.39. The smallest absolute Gasteiger partial charge is 0.403 e. The van der Waals surface area contributed by atoms with Gasteiger partial charge in [-0.15, -0.1) is 0 Å². The Morgan fingerprint density at radius 1 is 1.36 bits per heavy atom. The molecule has 0 aliphatic carbocycles. The number of nitrogens with zero attached hydrogens (tertiary/aromatic N) is 1. The van der Waals surface area contributed by atoms with Gasteiger partial charge in [0, 0.05) is 17.8 Å². The summed E-state index contributed by atoms with van der Waals surface area (Å²) in [5.74, 6) is -1.41. The highest BCUT2D eigenvalue weighted by atomic mass is 31.2. The van der Waals surface area contributed by atoms with E-state index in [1.54, 1.807) is 18.2 Å². The highest BCUT2D eigenvalue weighted by molar-refractivity contribution is 7.50. The number of carboxylic acid groups (broad SMARTS) is 1. The quantitative estimate of drug-likeness (QED) is 0.316. The molecule has 180 valence electrons. The van der Waals surface area contributed by atoms with Gasteiger partial charge in [-0.2, -0.15) is 0 Å². The molecule has 0 spiro atoms. The van der Waals surface area contributed by atoms with Crippen LogP contribution in [0.15, 0.2) is 52.2 Å². The summed E-state index contributed by atoms with van der Waals surface area (Å²) in [6.07, 6.45) is -2.52. The number of nitrogens with one attached hydrogen (secondary N) is 2. The van der Waals surface area contributed by atoms with Crippen molar-refractivity contribution in [1.82, 2.24) is 14.6 Å². The van der Waals surface area contributed by atoms with E-state index in [0.29, 0.717) is 0 Å². The van der Waals surface area contributed by atoms with Gasteiger partial charge in [0.1, 0.15) is 18.2 Å². The second-order valence-corrected chi connectivity index (χ2v) is 9.23. The molecule has 6 atom stereocenters. The first-order chi connectivity index (χ1) is 15.3. The third-order valence-electron chi connectivity index (χ3n) is 5.36.